The average Bonchev–Trinajstić information content (AvgIpc) is 2.45. The second kappa shape index (κ2) is 8.79. The number of primary amides is 1. The zero-order chi connectivity index (χ0) is 15.8. The van der Waals surface area contributed by atoms with E-state index in [0.29, 0.717) is 13.0 Å². The standard InChI is InChI=1S/C15H22BrN3O2/c1-2-3-4-13(17)15(21)19(10-14(18)20)9-11-5-7-12(16)8-6-11/h5-8,13H,2-4,9-10,17H2,1H3,(H2,18,20). The summed E-state index contributed by atoms with van der Waals surface area (Å²) in [7, 11) is 0. The Labute approximate surface area is 133 Å². The predicted molar refractivity (Wildman–Crippen MR) is 86.3 cm³/mol. The van der Waals surface area contributed by atoms with Crippen LogP contribution in [0.1, 0.15) is 31.7 Å². The molecule has 0 spiro atoms. The molecule has 0 fully saturated rings. The van der Waals surface area contributed by atoms with Crippen LogP contribution >= 0.6 is 15.9 Å². The SMILES string of the molecule is CCCCC(N)C(=O)N(CC(N)=O)Cc1ccc(Br)cc1. The van der Waals surface area contributed by atoms with Crippen molar-refractivity contribution in [3.8, 4) is 0 Å². The number of nitrogens with two attached hydrogens (primary N) is 2. The van der Waals surface area contributed by atoms with Crippen LogP contribution in [0.4, 0.5) is 0 Å². The fourth-order valence-electron chi connectivity index (χ4n) is 1.99. The van der Waals surface area contributed by atoms with Crippen LogP contribution < -0.4 is 11.5 Å². The number of halogens is 1. The molecule has 0 aliphatic carbocycles. The first kappa shape index (κ1) is 17.7. The van der Waals surface area contributed by atoms with Crippen LogP contribution in [0, 0.1) is 0 Å². The van der Waals surface area contributed by atoms with Gasteiger partial charge in [-0.1, -0.05) is 47.8 Å². The van der Waals surface area contributed by atoms with Gasteiger partial charge in [0.2, 0.25) is 11.8 Å². The minimum atomic E-state index is -0.584. The molecule has 0 radical (unpaired) electrons. The first-order valence-electron chi connectivity index (χ1n) is 7.01. The lowest BCUT2D eigenvalue weighted by Gasteiger charge is -2.24. The van der Waals surface area contributed by atoms with Gasteiger partial charge in [-0.3, -0.25) is 9.59 Å². The Bertz CT molecular complexity index is 476. The van der Waals surface area contributed by atoms with Gasteiger partial charge in [-0.2, -0.15) is 0 Å². The van der Waals surface area contributed by atoms with Gasteiger partial charge in [-0.05, 0) is 24.1 Å². The van der Waals surface area contributed by atoms with Gasteiger partial charge in [-0.15, -0.1) is 0 Å². The zero-order valence-corrected chi connectivity index (χ0v) is 13.8. The molecular weight excluding hydrogens is 334 g/mol. The number of unbranched alkanes of at least 4 members (excludes halogenated alkanes) is 1. The van der Waals surface area contributed by atoms with E-state index in [4.69, 9.17) is 11.5 Å². The predicted octanol–water partition coefficient (Wildman–Crippen LogP) is 1.78. The first-order valence-corrected chi connectivity index (χ1v) is 7.80. The molecule has 1 rings (SSSR count). The highest BCUT2D eigenvalue weighted by Gasteiger charge is 2.22. The summed E-state index contributed by atoms with van der Waals surface area (Å²) in [5, 5.41) is 0. The summed E-state index contributed by atoms with van der Waals surface area (Å²) in [5.74, 6) is -0.770. The second-order valence-corrected chi connectivity index (χ2v) is 5.95. The summed E-state index contributed by atoms with van der Waals surface area (Å²) in [4.78, 5) is 24.9. The van der Waals surface area contributed by atoms with E-state index in [0.717, 1.165) is 22.9 Å². The van der Waals surface area contributed by atoms with Crippen molar-refractivity contribution in [3.63, 3.8) is 0 Å². The van der Waals surface area contributed by atoms with Gasteiger partial charge >= 0.3 is 0 Å². The quantitative estimate of drug-likeness (QED) is 0.744. The third-order valence-corrected chi connectivity index (χ3v) is 3.66. The van der Waals surface area contributed by atoms with E-state index in [9.17, 15) is 9.59 Å². The van der Waals surface area contributed by atoms with Gasteiger partial charge in [0.25, 0.3) is 0 Å². The minimum Gasteiger partial charge on any atom is -0.368 e. The minimum absolute atomic E-state index is 0.116. The lowest BCUT2D eigenvalue weighted by atomic mass is 10.1. The molecular formula is C15H22BrN3O2. The number of hydrogen-bond acceptors (Lipinski definition) is 3. The molecule has 1 aromatic carbocycles. The van der Waals surface area contributed by atoms with E-state index in [1.807, 2.05) is 31.2 Å². The molecule has 5 nitrogen and oxygen atoms in total. The molecule has 6 heteroatoms. The summed E-state index contributed by atoms with van der Waals surface area (Å²) < 4.78 is 0.957. The normalized spacial score (nSPS) is 12.0. The van der Waals surface area contributed by atoms with E-state index < -0.39 is 11.9 Å². The Morgan fingerprint density at radius 1 is 1.29 bits per heavy atom. The van der Waals surface area contributed by atoms with Gasteiger partial charge in [0, 0.05) is 11.0 Å². The molecule has 0 bridgehead atoms. The highest BCUT2D eigenvalue weighted by molar-refractivity contribution is 9.10. The van der Waals surface area contributed by atoms with Crippen LogP contribution in [0.2, 0.25) is 0 Å². The van der Waals surface area contributed by atoms with Crippen LogP contribution in [-0.4, -0.2) is 29.3 Å². The number of rotatable bonds is 8. The third kappa shape index (κ3) is 6.27. The second-order valence-electron chi connectivity index (χ2n) is 5.04. The number of carbonyl (C=O) groups excluding carboxylic acids is 2. The summed E-state index contributed by atoms with van der Waals surface area (Å²) in [6.07, 6.45) is 2.48. The van der Waals surface area contributed by atoms with E-state index in [1.54, 1.807) is 0 Å². The van der Waals surface area contributed by atoms with Gasteiger partial charge in [0.05, 0.1) is 12.6 Å². The summed E-state index contributed by atoms with van der Waals surface area (Å²) in [6, 6.07) is 6.98. The van der Waals surface area contributed by atoms with Crippen molar-refractivity contribution in [2.24, 2.45) is 11.5 Å². The molecule has 1 atom stereocenters. The van der Waals surface area contributed by atoms with Crippen molar-refractivity contribution < 1.29 is 9.59 Å². The molecule has 0 saturated carbocycles. The number of hydrogen-bond donors (Lipinski definition) is 2. The fourth-order valence-corrected chi connectivity index (χ4v) is 2.26. The van der Waals surface area contributed by atoms with Crippen molar-refractivity contribution >= 4 is 27.7 Å². The number of nitrogens with zero attached hydrogens (tertiary/aromatic N) is 1. The average molecular weight is 356 g/mol. The molecule has 0 aromatic heterocycles. The van der Waals surface area contributed by atoms with Crippen molar-refractivity contribution in [2.45, 2.75) is 38.8 Å². The topological polar surface area (TPSA) is 89.4 Å². The molecule has 0 heterocycles. The Morgan fingerprint density at radius 3 is 2.43 bits per heavy atom. The molecule has 1 unspecified atom stereocenters. The Kier molecular flexibility index (Phi) is 7.39. The highest BCUT2D eigenvalue weighted by atomic mass is 79.9. The van der Waals surface area contributed by atoms with E-state index in [1.165, 1.54) is 4.90 Å². The van der Waals surface area contributed by atoms with Crippen molar-refractivity contribution in [1.82, 2.24) is 4.90 Å². The molecule has 0 aliphatic heterocycles. The zero-order valence-electron chi connectivity index (χ0n) is 12.2. The van der Waals surface area contributed by atoms with Crippen LogP contribution in [0.3, 0.4) is 0 Å². The molecule has 4 N–H and O–H groups in total. The number of amides is 2. The number of benzene rings is 1. The lowest BCUT2D eigenvalue weighted by molar-refractivity contribution is -0.137. The van der Waals surface area contributed by atoms with Crippen molar-refractivity contribution in [3.05, 3.63) is 34.3 Å². The maximum Gasteiger partial charge on any atom is 0.240 e. The summed E-state index contributed by atoms with van der Waals surface area (Å²) >= 11 is 3.36. The maximum atomic E-state index is 12.3. The lowest BCUT2D eigenvalue weighted by Crippen LogP contribution is -2.46. The largest absolute Gasteiger partial charge is 0.368 e. The van der Waals surface area contributed by atoms with Crippen molar-refractivity contribution in [1.29, 1.82) is 0 Å². The third-order valence-electron chi connectivity index (χ3n) is 3.13. The van der Waals surface area contributed by atoms with Crippen LogP contribution in [0.15, 0.2) is 28.7 Å². The Hall–Kier alpha value is -1.40. The Morgan fingerprint density at radius 2 is 1.90 bits per heavy atom. The van der Waals surface area contributed by atoms with E-state index in [2.05, 4.69) is 15.9 Å². The molecule has 0 aliphatic rings. The van der Waals surface area contributed by atoms with Gasteiger partial charge in [0.15, 0.2) is 0 Å². The van der Waals surface area contributed by atoms with E-state index >= 15 is 0 Å². The Balaban J connectivity index is 2.76. The summed E-state index contributed by atoms with van der Waals surface area (Å²) in [6.45, 7) is 2.25. The van der Waals surface area contributed by atoms with Gasteiger partial charge in [0.1, 0.15) is 0 Å². The highest BCUT2D eigenvalue weighted by Crippen LogP contribution is 2.13. The van der Waals surface area contributed by atoms with Gasteiger partial charge < -0.3 is 16.4 Å². The van der Waals surface area contributed by atoms with E-state index in [-0.39, 0.29) is 12.5 Å². The fraction of sp³-hybridized carbons (Fsp3) is 0.467. The smallest absolute Gasteiger partial charge is 0.240 e. The van der Waals surface area contributed by atoms with Gasteiger partial charge in [-0.25, -0.2) is 0 Å². The van der Waals surface area contributed by atoms with Crippen molar-refractivity contribution in [2.75, 3.05) is 6.54 Å². The maximum absolute atomic E-state index is 12.3. The molecule has 21 heavy (non-hydrogen) atoms. The number of carbonyl (C=O) groups is 2. The van der Waals surface area contributed by atoms with Crippen LogP contribution in [-0.2, 0) is 16.1 Å². The van der Waals surface area contributed by atoms with Crippen LogP contribution in [0.25, 0.3) is 0 Å². The summed E-state index contributed by atoms with van der Waals surface area (Å²) in [5.41, 5.74) is 12.1. The molecule has 2 amide bonds. The van der Waals surface area contributed by atoms with Crippen LogP contribution in [0.5, 0.6) is 0 Å². The monoisotopic (exact) mass is 355 g/mol. The molecule has 116 valence electrons. The first-order chi connectivity index (χ1) is 9.93. The molecule has 1 aromatic rings. The molecule has 0 saturated heterocycles.